The fourth-order valence-corrected chi connectivity index (χ4v) is 3.66. The highest BCUT2D eigenvalue weighted by Crippen LogP contribution is 2.32. The van der Waals surface area contributed by atoms with Gasteiger partial charge in [-0.05, 0) is 65.6 Å². The van der Waals surface area contributed by atoms with Crippen molar-refractivity contribution in [3.8, 4) is 5.75 Å². The number of ether oxygens (including phenoxy) is 2. The van der Waals surface area contributed by atoms with E-state index in [1.54, 1.807) is 0 Å². The predicted molar refractivity (Wildman–Crippen MR) is 138 cm³/mol. The van der Waals surface area contributed by atoms with Crippen molar-refractivity contribution in [1.82, 2.24) is 0 Å². The SMILES string of the molecule is Nc1cc(N)c(CCOC(=O)C=Cc2ccc(OC(F)(F)c3ccc(CCC(F)(F)F)cc3)cc2)c(C(=O)O)c1. The van der Waals surface area contributed by atoms with Gasteiger partial charge in [0.1, 0.15) is 5.75 Å². The van der Waals surface area contributed by atoms with Crippen molar-refractivity contribution in [2.75, 3.05) is 18.1 Å². The molecule has 0 fully saturated rings. The van der Waals surface area contributed by atoms with Crippen LogP contribution in [0.2, 0.25) is 0 Å². The zero-order chi connectivity index (χ0) is 29.5. The van der Waals surface area contributed by atoms with Crippen LogP contribution in [0.25, 0.3) is 6.08 Å². The fourth-order valence-electron chi connectivity index (χ4n) is 3.66. The number of hydrogen-bond donors (Lipinski definition) is 3. The number of nitrogen functional groups attached to an aromatic ring is 2. The molecule has 0 atom stereocenters. The molecule has 0 heterocycles. The summed E-state index contributed by atoms with van der Waals surface area (Å²) in [5.74, 6) is -2.12. The molecule has 3 rings (SSSR count). The van der Waals surface area contributed by atoms with Crippen molar-refractivity contribution >= 4 is 29.4 Å². The Morgan fingerprint density at radius 3 is 2.15 bits per heavy atom. The van der Waals surface area contributed by atoms with E-state index in [1.165, 1.54) is 54.6 Å². The van der Waals surface area contributed by atoms with Gasteiger partial charge in [-0.1, -0.05) is 24.3 Å². The fraction of sp³-hybridized carbons (Fsp3) is 0.214. The van der Waals surface area contributed by atoms with Crippen LogP contribution in [0, 0.1) is 0 Å². The van der Waals surface area contributed by atoms with E-state index in [0.717, 1.165) is 18.2 Å². The Kier molecular flexibility index (Phi) is 9.35. The lowest BCUT2D eigenvalue weighted by atomic mass is 10.0. The number of carbonyl (C=O) groups excluding carboxylic acids is 1. The molecule has 0 bridgehead atoms. The van der Waals surface area contributed by atoms with Crippen LogP contribution in [-0.2, 0) is 28.5 Å². The molecule has 0 saturated heterocycles. The second-order valence-corrected chi connectivity index (χ2v) is 8.69. The Bertz CT molecular complexity index is 1370. The van der Waals surface area contributed by atoms with E-state index in [0.29, 0.717) is 5.56 Å². The number of carboxylic acids is 1. The Morgan fingerprint density at radius 2 is 1.55 bits per heavy atom. The Labute approximate surface area is 225 Å². The molecule has 3 aromatic rings. The number of esters is 1. The van der Waals surface area contributed by atoms with E-state index in [-0.39, 0.29) is 53.3 Å². The largest absolute Gasteiger partial charge is 0.478 e. The van der Waals surface area contributed by atoms with Gasteiger partial charge in [0.2, 0.25) is 0 Å². The molecule has 3 aromatic carbocycles. The average molecular weight is 565 g/mol. The molecule has 0 aromatic heterocycles. The smallest absolute Gasteiger partial charge is 0.426 e. The summed E-state index contributed by atoms with van der Waals surface area (Å²) in [5.41, 5.74) is 12.2. The molecule has 0 aliphatic rings. The molecule has 0 unspecified atom stereocenters. The summed E-state index contributed by atoms with van der Waals surface area (Å²) < 4.78 is 75.9. The van der Waals surface area contributed by atoms with E-state index in [9.17, 15) is 36.6 Å². The van der Waals surface area contributed by atoms with Crippen molar-refractivity contribution in [3.05, 3.63) is 94.6 Å². The molecule has 0 amide bonds. The van der Waals surface area contributed by atoms with E-state index >= 15 is 0 Å². The first-order chi connectivity index (χ1) is 18.7. The quantitative estimate of drug-likeness (QED) is 0.113. The summed E-state index contributed by atoms with van der Waals surface area (Å²) >= 11 is 0. The van der Waals surface area contributed by atoms with Crippen LogP contribution in [-0.4, -0.2) is 29.8 Å². The second-order valence-electron chi connectivity index (χ2n) is 8.69. The number of benzene rings is 3. The summed E-state index contributed by atoms with van der Waals surface area (Å²) in [6.45, 7) is -0.150. The lowest BCUT2D eigenvalue weighted by Gasteiger charge is -2.18. The van der Waals surface area contributed by atoms with E-state index < -0.39 is 36.2 Å². The third-order valence-corrected chi connectivity index (χ3v) is 5.66. The van der Waals surface area contributed by atoms with Crippen LogP contribution in [0.1, 0.15) is 39.0 Å². The van der Waals surface area contributed by atoms with Gasteiger partial charge in [0, 0.05) is 30.3 Å². The highest BCUT2D eigenvalue weighted by Gasteiger charge is 2.34. The number of aryl methyl sites for hydroxylation is 1. The molecule has 212 valence electrons. The van der Waals surface area contributed by atoms with Gasteiger partial charge in [0.15, 0.2) is 0 Å². The molecule has 0 radical (unpaired) electrons. The summed E-state index contributed by atoms with van der Waals surface area (Å²) in [4.78, 5) is 23.4. The molecule has 7 nitrogen and oxygen atoms in total. The zero-order valence-corrected chi connectivity index (χ0v) is 20.9. The number of nitrogens with two attached hydrogens (primary N) is 2. The standard InChI is InChI=1S/C28H25F5N2O5/c29-27(30,31)13-11-18-1-6-19(7-2-18)28(32,33)40-21-8-3-17(4-9-21)5-10-25(36)39-14-12-22-23(26(37)38)15-20(34)16-24(22)35/h1-10,15-16H,11-14,34-35H2,(H,37,38). The lowest BCUT2D eigenvalue weighted by molar-refractivity contribution is -0.185. The van der Waals surface area contributed by atoms with E-state index in [1.807, 2.05) is 0 Å². The predicted octanol–water partition coefficient (Wildman–Crippen LogP) is 5.97. The number of carboxylic acid groups (broad SMARTS) is 1. The van der Waals surface area contributed by atoms with Gasteiger partial charge in [-0.25, -0.2) is 9.59 Å². The Balaban J connectivity index is 1.53. The van der Waals surface area contributed by atoms with Crippen LogP contribution in [0.3, 0.4) is 0 Å². The molecular formula is C28H25F5N2O5. The maximum atomic E-state index is 14.5. The van der Waals surface area contributed by atoms with Gasteiger partial charge in [-0.3, -0.25) is 0 Å². The first-order valence-corrected chi connectivity index (χ1v) is 11.8. The second kappa shape index (κ2) is 12.5. The number of alkyl halides is 5. The third kappa shape index (κ3) is 8.72. The van der Waals surface area contributed by atoms with Crippen LogP contribution < -0.4 is 16.2 Å². The van der Waals surface area contributed by atoms with Crippen LogP contribution >= 0.6 is 0 Å². The van der Waals surface area contributed by atoms with Crippen LogP contribution in [0.15, 0.2) is 66.7 Å². The summed E-state index contributed by atoms with van der Waals surface area (Å²) in [5, 5.41) is 9.31. The minimum Gasteiger partial charge on any atom is -0.478 e. The maximum absolute atomic E-state index is 14.5. The van der Waals surface area contributed by atoms with Crippen molar-refractivity contribution in [2.45, 2.75) is 31.5 Å². The third-order valence-electron chi connectivity index (χ3n) is 5.66. The van der Waals surface area contributed by atoms with Gasteiger partial charge in [0.05, 0.1) is 17.7 Å². The molecule has 5 N–H and O–H groups in total. The van der Waals surface area contributed by atoms with Gasteiger partial charge in [-0.15, -0.1) is 0 Å². The maximum Gasteiger partial charge on any atom is 0.426 e. The molecule has 0 aliphatic carbocycles. The monoisotopic (exact) mass is 564 g/mol. The molecule has 0 aliphatic heterocycles. The normalized spacial score (nSPS) is 11.9. The van der Waals surface area contributed by atoms with Gasteiger partial charge >= 0.3 is 24.2 Å². The summed E-state index contributed by atoms with van der Waals surface area (Å²) in [6, 6.07) is 12.4. The number of rotatable bonds is 11. The Morgan fingerprint density at radius 1 is 0.900 bits per heavy atom. The topological polar surface area (TPSA) is 125 Å². The molecule has 12 heteroatoms. The summed E-state index contributed by atoms with van der Waals surface area (Å²) in [6.07, 6.45) is -6.92. The van der Waals surface area contributed by atoms with Crippen molar-refractivity contribution in [1.29, 1.82) is 0 Å². The van der Waals surface area contributed by atoms with E-state index in [2.05, 4.69) is 0 Å². The number of aromatic carboxylic acids is 1. The number of anilines is 2. The highest BCUT2D eigenvalue weighted by atomic mass is 19.4. The highest BCUT2D eigenvalue weighted by molar-refractivity contribution is 5.92. The summed E-state index contributed by atoms with van der Waals surface area (Å²) in [7, 11) is 0. The lowest BCUT2D eigenvalue weighted by Crippen LogP contribution is -2.21. The Hall–Kier alpha value is -4.61. The van der Waals surface area contributed by atoms with Gasteiger partial charge in [-0.2, -0.15) is 22.0 Å². The molecule has 40 heavy (non-hydrogen) atoms. The molecular weight excluding hydrogens is 539 g/mol. The van der Waals surface area contributed by atoms with Crippen molar-refractivity contribution in [2.24, 2.45) is 0 Å². The zero-order valence-electron chi connectivity index (χ0n) is 20.9. The first-order valence-electron chi connectivity index (χ1n) is 11.8. The number of hydrogen-bond acceptors (Lipinski definition) is 6. The first kappa shape index (κ1) is 29.9. The van der Waals surface area contributed by atoms with Gasteiger partial charge < -0.3 is 26.0 Å². The minimum atomic E-state index is -4.34. The molecule has 0 saturated carbocycles. The van der Waals surface area contributed by atoms with Crippen LogP contribution in [0.4, 0.5) is 33.3 Å². The number of halogens is 5. The number of carbonyl (C=O) groups is 2. The van der Waals surface area contributed by atoms with Crippen molar-refractivity contribution < 1.29 is 46.1 Å². The van der Waals surface area contributed by atoms with Gasteiger partial charge in [0.25, 0.3) is 0 Å². The average Bonchev–Trinajstić information content (AvgIpc) is 2.87. The van der Waals surface area contributed by atoms with Crippen molar-refractivity contribution in [3.63, 3.8) is 0 Å². The minimum absolute atomic E-state index is 0.0455. The van der Waals surface area contributed by atoms with Crippen LogP contribution in [0.5, 0.6) is 5.75 Å². The molecule has 0 spiro atoms. The van der Waals surface area contributed by atoms with E-state index in [4.69, 9.17) is 20.9 Å².